The van der Waals surface area contributed by atoms with Crippen molar-refractivity contribution in [2.24, 2.45) is 0 Å². The number of pyridine rings is 2. The van der Waals surface area contributed by atoms with Crippen molar-refractivity contribution in [2.75, 3.05) is 12.4 Å². The Hall–Kier alpha value is -3.15. The van der Waals surface area contributed by atoms with E-state index in [-0.39, 0.29) is 28.8 Å². The Morgan fingerprint density at radius 1 is 1.09 bits per heavy atom. The monoisotopic (exact) mass is 497 g/mol. The lowest BCUT2D eigenvalue weighted by atomic mass is 10.1. The number of benzene rings is 1. The van der Waals surface area contributed by atoms with Gasteiger partial charge in [0.1, 0.15) is 10.7 Å². The van der Waals surface area contributed by atoms with Crippen LogP contribution in [0, 0.1) is 0 Å². The van der Waals surface area contributed by atoms with Gasteiger partial charge in [0.15, 0.2) is 0 Å². The number of anilines is 2. The highest BCUT2D eigenvalue weighted by Gasteiger charge is 2.34. The molecule has 0 atom stereocenters. The molecule has 3 heterocycles. The maximum atomic E-state index is 13.3. The average molecular weight is 498 g/mol. The number of halogens is 4. The summed E-state index contributed by atoms with van der Waals surface area (Å²) >= 11 is 0. The second kappa shape index (κ2) is 9.38. The molecule has 174 valence electrons. The molecule has 0 aliphatic carbocycles. The van der Waals surface area contributed by atoms with Crippen LogP contribution in [0.25, 0.3) is 10.9 Å². The van der Waals surface area contributed by atoms with Crippen LogP contribution in [-0.2, 0) is 22.7 Å². The molecule has 0 unspecified atom stereocenters. The first-order valence-corrected chi connectivity index (χ1v) is 10.9. The van der Waals surface area contributed by atoms with Crippen LogP contribution in [0.15, 0.2) is 72.1 Å². The van der Waals surface area contributed by atoms with Crippen LogP contribution in [0.1, 0.15) is 11.1 Å². The molecule has 4 rings (SSSR count). The standard InChI is InChI=1S/C21H18F3N5O2S.ClH/c1-25-11-14-13-29(32(30,31)16-4-2-8-26-12-16)19-10-15(6-7-17(14)19)28-20-18(21(22,23)24)5-3-9-27-20;/h2-10,12-13,25H,11H2,1H3,(H,27,28);1H. The number of fused-ring (bicyclic) bond motifs is 1. The second-order valence-corrected chi connectivity index (χ2v) is 8.74. The Bertz CT molecular complexity index is 1380. The van der Waals surface area contributed by atoms with Crippen LogP contribution in [0.2, 0.25) is 0 Å². The van der Waals surface area contributed by atoms with E-state index in [4.69, 9.17) is 0 Å². The lowest BCUT2D eigenvalue weighted by molar-refractivity contribution is -0.137. The third-order valence-electron chi connectivity index (χ3n) is 4.79. The third kappa shape index (κ3) is 4.80. The van der Waals surface area contributed by atoms with Gasteiger partial charge in [-0.05, 0) is 49.0 Å². The lowest BCUT2D eigenvalue weighted by Crippen LogP contribution is -2.12. The van der Waals surface area contributed by atoms with Crippen LogP contribution in [0.4, 0.5) is 24.7 Å². The highest BCUT2D eigenvalue weighted by Crippen LogP contribution is 2.35. The van der Waals surface area contributed by atoms with E-state index in [0.29, 0.717) is 17.4 Å². The SMILES string of the molecule is CNCc1cn(S(=O)(=O)c2cccnc2)c2cc(Nc3ncccc3C(F)(F)F)ccc12.Cl. The van der Waals surface area contributed by atoms with Crippen molar-refractivity contribution in [1.82, 2.24) is 19.3 Å². The zero-order valence-electron chi connectivity index (χ0n) is 17.2. The van der Waals surface area contributed by atoms with Crippen molar-refractivity contribution in [1.29, 1.82) is 0 Å². The van der Waals surface area contributed by atoms with Crippen molar-refractivity contribution < 1.29 is 21.6 Å². The van der Waals surface area contributed by atoms with Crippen LogP contribution >= 0.6 is 12.4 Å². The second-order valence-electron chi connectivity index (χ2n) is 6.93. The van der Waals surface area contributed by atoms with Crippen LogP contribution < -0.4 is 10.6 Å². The molecular formula is C21H19ClF3N5O2S. The summed E-state index contributed by atoms with van der Waals surface area (Å²) in [7, 11) is -2.25. The predicted octanol–water partition coefficient (Wildman–Crippen LogP) is 4.57. The zero-order valence-corrected chi connectivity index (χ0v) is 18.8. The summed E-state index contributed by atoms with van der Waals surface area (Å²) in [5.74, 6) is -0.372. The largest absolute Gasteiger partial charge is 0.419 e. The highest BCUT2D eigenvalue weighted by atomic mass is 35.5. The molecule has 12 heteroatoms. The van der Waals surface area contributed by atoms with E-state index in [1.807, 2.05) is 0 Å². The molecule has 0 aliphatic heterocycles. The molecule has 0 saturated carbocycles. The smallest absolute Gasteiger partial charge is 0.340 e. The highest BCUT2D eigenvalue weighted by molar-refractivity contribution is 7.90. The molecule has 2 N–H and O–H groups in total. The summed E-state index contributed by atoms with van der Waals surface area (Å²) in [5.41, 5.74) is 0.372. The van der Waals surface area contributed by atoms with Crippen molar-refractivity contribution in [3.8, 4) is 0 Å². The van der Waals surface area contributed by atoms with Crippen molar-refractivity contribution in [3.63, 3.8) is 0 Å². The first-order valence-electron chi connectivity index (χ1n) is 9.45. The van der Waals surface area contributed by atoms with E-state index in [9.17, 15) is 21.6 Å². The maximum Gasteiger partial charge on any atom is 0.419 e. The van der Waals surface area contributed by atoms with Gasteiger partial charge in [0.25, 0.3) is 10.0 Å². The van der Waals surface area contributed by atoms with E-state index in [1.54, 1.807) is 19.2 Å². The summed E-state index contributed by atoms with van der Waals surface area (Å²) < 4.78 is 67.6. The van der Waals surface area contributed by atoms with E-state index in [0.717, 1.165) is 15.6 Å². The number of nitrogens with one attached hydrogen (secondary N) is 2. The molecule has 7 nitrogen and oxygen atoms in total. The van der Waals surface area contributed by atoms with E-state index >= 15 is 0 Å². The first kappa shape index (κ1) is 24.5. The van der Waals surface area contributed by atoms with Gasteiger partial charge in [-0.25, -0.2) is 17.4 Å². The first-order chi connectivity index (χ1) is 15.2. The van der Waals surface area contributed by atoms with E-state index in [2.05, 4.69) is 20.6 Å². The molecular weight excluding hydrogens is 479 g/mol. The molecule has 1 aromatic carbocycles. The minimum Gasteiger partial charge on any atom is -0.340 e. The molecule has 0 bridgehead atoms. The number of rotatable bonds is 6. The van der Waals surface area contributed by atoms with Crippen LogP contribution in [-0.4, -0.2) is 29.4 Å². The number of hydrogen-bond donors (Lipinski definition) is 2. The maximum absolute atomic E-state index is 13.3. The molecule has 33 heavy (non-hydrogen) atoms. The Labute approximate surface area is 194 Å². The van der Waals surface area contributed by atoms with Gasteiger partial charge in [-0.1, -0.05) is 6.07 Å². The van der Waals surface area contributed by atoms with Gasteiger partial charge in [0.2, 0.25) is 0 Å². The van der Waals surface area contributed by atoms with Crippen molar-refractivity contribution in [2.45, 2.75) is 17.6 Å². The van der Waals surface area contributed by atoms with E-state index in [1.165, 1.54) is 49.1 Å². The predicted molar refractivity (Wildman–Crippen MR) is 121 cm³/mol. The van der Waals surface area contributed by atoms with Crippen molar-refractivity contribution in [3.05, 3.63) is 78.4 Å². The Balaban J connectivity index is 0.00000306. The average Bonchev–Trinajstić information content (AvgIpc) is 3.13. The van der Waals surface area contributed by atoms with Gasteiger partial charge in [-0.3, -0.25) is 4.98 Å². The fraction of sp³-hybridized carbons (Fsp3) is 0.143. The normalized spacial score (nSPS) is 11.9. The van der Waals surface area contributed by atoms with Gasteiger partial charge < -0.3 is 10.6 Å². The van der Waals surface area contributed by atoms with Gasteiger partial charge in [0, 0.05) is 42.4 Å². The van der Waals surface area contributed by atoms with Gasteiger partial charge in [-0.15, -0.1) is 12.4 Å². The summed E-state index contributed by atoms with van der Waals surface area (Å²) in [6.07, 6.45) is 0.854. The number of alkyl halides is 3. The summed E-state index contributed by atoms with van der Waals surface area (Å²) in [6.45, 7) is 0.400. The fourth-order valence-electron chi connectivity index (χ4n) is 3.36. The minimum atomic E-state index is -4.59. The molecule has 0 radical (unpaired) electrons. The van der Waals surface area contributed by atoms with Gasteiger partial charge in [-0.2, -0.15) is 13.2 Å². The number of nitrogens with zero attached hydrogens (tertiary/aromatic N) is 3. The zero-order chi connectivity index (χ0) is 22.9. The van der Waals surface area contributed by atoms with Crippen LogP contribution in [0.3, 0.4) is 0 Å². The van der Waals surface area contributed by atoms with E-state index < -0.39 is 21.8 Å². The minimum absolute atomic E-state index is 0. The number of hydrogen-bond acceptors (Lipinski definition) is 6. The van der Waals surface area contributed by atoms with Crippen molar-refractivity contribution >= 4 is 44.8 Å². The molecule has 0 aliphatic rings. The quantitative estimate of drug-likeness (QED) is 0.405. The number of aromatic nitrogens is 3. The Morgan fingerprint density at radius 2 is 1.85 bits per heavy atom. The fourth-order valence-corrected chi connectivity index (χ4v) is 4.71. The third-order valence-corrected chi connectivity index (χ3v) is 6.45. The topological polar surface area (TPSA) is 88.9 Å². The lowest BCUT2D eigenvalue weighted by Gasteiger charge is -2.14. The summed E-state index contributed by atoms with van der Waals surface area (Å²) in [6, 6.07) is 9.79. The molecule has 0 fully saturated rings. The molecule has 0 saturated heterocycles. The summed E-state index contributed by atoms with van der Waals surface area (Å²) in [5, 5.41) is 6.30. The summed E-state index contributed by atoms with van der Waals surface area (Å²) in [4.78, 5) is 7.67. The van der Waals surface area contributed by atoms with Crippen LogP contribution in [0.5, 0.6) is 0 Å². The molecule has 4 aromatic rings. The molecule has 0 spiro atoms. The van der Waals surface area contributed by atoms with Gasteiger partial charge >= 0.3 is 6.18 Å². The Morgan fingerprint density at radius 3 is 2.52 bits per heavy atom. The Kier molecular flexibility index (Phi) is 6.96. The molecule has 3 aromatic heterocycles. The van der Waals surface area contributed by atoms with Gasteiger partial charge in [0.05, 0.1) is 11.1 Å². The molecule has 0 amide bonds.